The molecule has 0 radical (unpaired) electrons. The van der Waals surface area contributed by atoms with Crippen molar-refractivity contribution in [2.24, 2.45) is 5.92 Å². The number of nitrogens with zero attached hydrogens (tertiary/aromatic N) is 2. The van der Waals surface area contributed by atoms with Crippen molar-refractivity contribution < 1.29 is 9.53 Å². The monoisotopic (exact) mass is 316 g/mol. The lowest BCUT2D eigenvalue weighted by molar-refractivity contribution is -0.141. The Morgan fingerprint density at radius 2 is 1.87 bits per heavy atom. The normalized spacial score (nSPS) is 23.1. The predicted octanol–water partition coefficient (Wildman–Crippen LogP) is 1.97. The highest BCUT2D eigenvalue weighted by molar-refractivity contribution is 5.71. The van der Waals surface area contributed by atoms with Crippen molar-refractivity contribution >= 4 is 5.97 Å². The second kappa shape index (κ2) is 7.93. The van der Waals surface area contributed by atoms with Crippen molar-refractivity contribution in [1.29, 1.82) is 0 Å². The second-order valence-corrected chi connectivity index (χ2v) is 6.88. The molecule has 4 heteroatoms. The Morgan fingerprint density at radius 3 is 2.70 bits per heavy atom. The van der Waals surface area contributed by atoms with Crippen molar-refractivity contribution in [3.63, 3.8) is 0 Å². The number of ether oxygens (including phenoxy) is 1. The Morgan fingerprint density at radius 1 is 1.13 bits per heavy atom. The first-order valence-corrected chi connectivity index (χ1v) is 8.83. The molecule has 4 nitrogen and oxygen atoms in total. The Hall–Kier alpha value is -1.39. The van der Waals surface area contributed by atoms with Crippen LogP contribution in [0.15, 0.2) is 24.3 Å². The molecule has 1 aliphatic heterocycles. The zero-order chi connectivity index (χ0) is 16.1. The number of rotatable bonds is 4. The number of fused-ring (bicyclic) bond motifs is 1. The average Bonchev–Trinajstić information content (AvgIpc) is 2.80. The average molecular weight is 316 g/mol. The molecule has 1 fully saturated rings. The zero-order valence-corrected chi connectivity index (χ0v) is 14.2. The fraction of sp³-hybridized carbons (Fsp3) is 0.632. The molecule has 1 heterocycles. The van der Waals surface area contributed by atoms with Gasteiger partial charge in [-0.2, -0.15) is 0 Å². The van der Waals surface area contributed by atoms with Gasteiger partial charge >= 0.3 is 5.97 Å². The lowest BCUT2D eigenvalue weighted by Gasteiger charge is -2.30. The second-order valence-electron chi connectivity index (χ2n) is 6.88. The first-order valence-electron chi connectivity index (χ1n) is 8.83. The molecule has 0 saturated carbocycles. The van der Waals surface area contributed by atoms with Gasteiger partial charge in [0.25, 0.3) is 0 Å². The Bertz CT molecular complexity index is 532. The summed E-state index contributed by atoms with van der Waals surface area (Å²) in [5.41, 5.74) is 3.09. The van der Waals surface area contributed by atoms with E-state index in [0.717, 1.165) is 38.5 Å². The van der Waals surface area contributed by atoms with Crippen molar-refractivity contribution in [2.75, 3.05) is 46.4 Å². The Balaban J connectivity index is 1.49. The number of esters is 1. The summed E-state index contributed by atoms with van der Waals surface area (Å²) in [7, 11) is 1.47. The maximum Gasteiger partial charge on any atom is 0.319 e. The van der Waals surface area contributed by atoms with Crippen molar-refractivity contribution in [3.05, 3.63) is 35.4 Å². The van der Waals surface area contributed by atoms with E-state index in [9.17, 15) is 4.79 Å². The molecule has 0 aromatic heterocycles. The van der Waals surface area contributed by atoms with Crippen LogP contribution in [0.5, 0.6) is 0 Å². The molecule has 1 aromatic carbocycles. The van der Waals surface area contributed by atoms with Crippen molar-refractivity contribution in [2.45, 2.75) is 25.7 Å². The molecular formula is C19H28N2O2. The van der Waals surface area contributed by atoms with E-state index in [1.165, 1.54) is 32.9 Å². The molecule has 1 aliphatic carbocycles. The fourth-order valence-corrected chi connectivity index (χ4v) is 3.91. The number of hydrogen-bond donors (Lipinski definition) is 0. The topological polar surface area (TPSA) is 32.8 Å². The third kappa shape index (κ3) is 4.55. The number of hydrogen-bond acceptors (Lipinski definition) is 4. The number of methoxy groups -OCH3 is 1. The van der Waals surface area contributed by atoms with E-state index in [0.29, 0.717) is 6.54 Å². The van der Waals surface area contributed by atoms with Crippen LogP contribution in [0.1, 0.15) is 24.0 Å². The molecule has 0 amide bonds. The number of benzene rings is 1. The first kappa shape index (κ1) is 16.5. The Labute approximate surface area is 139 Å². The van der Waals surface area contributed by atoms with Gasteiger partial charge in [0.05, 0.1) is 13.7 Å². The molecule has 23 heavy (non-hydrogen) atoms. The van der Waals surface area contributed by atoms with Gasteiger partial charge in [-0.15, -0.1) is 0 Å². The third-order valence-corrected chi connectivity index (χ3v) is 5.23. The smallest absolute Gasteiger partial charge is 0.319 e. The summed E-state index contributed by atoms with van der Waals surface area (Å²) in [6.07, 6.45) is 4.89. The van der Waals surface area contributed by atoms with Gasteiger partial charge in [-0.05, 0) is 49.3 Å². The minimum absolute atomic E-state index is 0.123. The third-order valence-electron chi connectivity index (χ3n) is 5.23. The summed E-state index contributed by atoms with van der Waals surface area (Å²) in [4.78, 5) is 16.2. The lowest BCUT2D eigenvalue weighted by atomic mass is 9.83. The summed E-state index contributed by atoms with van der Waals surface area (Å²) in [5.74, 6) is 0.652. The van der Waals surface area contributed by atoms with E-state index in [-0.39, 0.29) is 5.97 Å². The summed E-state index contributed by atoms with van der Waals surface area (Å²) in [6, 6.07) is 8.89. The van der Waals surface area contributed by atoms with Crippen LogP contribution in [0.3, 0.4) is 0 Å². The van der Waals surface area contributed by atoms with Crippen LogP contribution in [0.2, 0.25) is 0 Å². The standard InChI is InChI=1S/C19H28N2O2/c1-23-19(22)15-21-10-4-9-20(11-12-21)14-16-7-8-17-5-2-3-6-18(17)13-16/h2-3,5-6,16H,4,7-15H2,1H3/t16-/m0/s1. The summed E-state index contributed by atoms with van der Waals surface area (Å²) in [6.45, 7) is 5.81. The minimum Gasteiger partial charge on any atom is -0.468 e. The van der Waals surface area contributed by atoms with Gasteiger partial charge in [-0.1, -0.05) is 24.3 Å². The minimum atomic E-state index is -0.123. The molecule has 1 aromatic rings. The van der Waals surface area contributed by atoms with Crippen LogP contribution in [-0.4, -0.2) is 62.1 Å². The van der Waals surface area contributed by atoms with E-state index in [2.05, 4.69) is 34.1 Å². The molecule has 2 aliphatic rings. The maximum atomic E-state index is 11.4. The van der Waals surface area contributed by atoms with Crippen LogP contribution in [0, 0.1) is 5.92 Å². The molecule has 1 atom stereocenters. The van der Waals surface area contributed by atoms with E-state index in [1.54, 1.807) is 11.1 Å². The Kier molecular flexibility index (Phi) is 5.68. The van der Waals surface area contributed by atoms with Gasteiger partial charge in [0, 0.05) is 26.2 Å². The van der Waals surface area contributed by atoms with Crippen molar-refractivity contribution in [3.8, 4) is 0 Å². The molecule has 1 saturated heterocycles. The van der Waals surface area contributed by atoms with Crippen LogP contribution in [-0.2, 0) is 22.4 Å². The summed E-state index contributed by atoms with van der Waals surface area (Å²) >= 11 is 0. The van der Waals surface area contributed by atoms with Crippen molar-refractivity contribution in [1.82, 2.24) is 9.80 Å². The van der Waals surface area contributed by atoms with Gasteiger partial charge < -0.3 is 9.64 Å². The molecule has 3 rings (SSSR count). The van der Waals surface area contributed by atoms with E-state index in [4.69, 9.17) is 4.74 Å². The maximum absolute atomic E-state index is 11.4. The van der Waals surface area contributed by atoms with Crippen LogP contribution in [0.25, 0.3) is 0 Å². The predicted molar refractivity (Wildman–Crippen MR) is 91.5 cm³/mol. The van der Waals surface area contributed by atoms with Crippen LogP contribution >= 0.6 is 0 Å². The largest absolute Gasteiger partial charge is 0.468 e. The molecule has 126 valence electrons. The van der Waals surface area contributed by atoms with Crippen LogP contribution < -0.4 is 0 Å². The van der Waals surface area contributed by atoms with Gasteiger partial charge in [0.1, 0.15) is 0 Å². The van der Waals surface area contributed by atoms with Gasteiger partial charge in [0.15, 0.2) is 0 Å². The number of aryl methyl sites for hydroxylation is 1. The molecule has 0 spiro atoms. The zero-order valence-electron chi connectivity index (χ0n) is 14.2. The van der Waals surface area contributed by atoms with E-state index >= 15 is 0 Å². The van der Waals surface area contributed by atoms with Gasteiger partial charge in [-0.3, -0.25) is 9.69 Å². The highest BCUT2D eigenvalue weighted by atomic mass is 16.5. The fourth-order valence-electron chi connectivity index (χ4n) is 3.91. The molecule has 0 N–H and O–H groups in total. The SMILES string of the molecule is COC(=O)CN1CCCN(C[C@H]2CCc3ccccc3C2)CC1. The quantitative estimate of drug-likeness (QED) is 0.795. The summed E-state index contributed by atoms with van der Waals surface area (Å²) < 4.78 is 4.78. The highest BCUT2D eigenvalue weighted by Crippen LogP contribution is 2.26. The van der Waals surface area contributed by atoms with Gasteiger partial charge in [-0.25, -0.2) is 0 Å². The number of carbonyl (C=O) groups is 1. The first-order chi connectivity index (χ1) is 11.2. The van der Waals surface area contributed by atoms with E-state index < -0.39 is 0 Å². The molecular weight excluding hydrogens is 288 g/mol. The van der Waals surface area contributed by atoms with Gasteiger partial charge in [0.2, 0.25) is 0 Å². The summed E-state index contributed by atoms with van der Waals surface area (Å²) in [5, 5.41) is 0. The van der Waals surface area contributed by atoms with Crippen LogP contribution in [0.4, 0.5) is 0 Å². The molecule has 0 bridgehead atoms. The lowest BCUT2D eigenvalue weighted by Crippen LogP contribution is -2.37. The highest BCUT2D eigenvalue weighted by Gasteiger charge is 2.23. The molecule has 0 unspecified atom stereocenters. The van der Waals surface area contributed by atoms with E-state index in [1.807, 2.05) is 0 Å². The number of carbonyl (C=O) groups excluding carboxylic acids is 1.